The van der Waals surface area contributed by atoms with Crippen molar-refractivity contribution in [3.05, 3.63) is 76.8 Å². The van der Waals surface area contributed by atoms with Crippen LogP contribution >= 0.6 is 23.2 Å². The van der Waals surface area contributed by atoms with Gasteiger partial charge in [0.25, 0.3) is 10.0 Å². The number of sulfonamides is 1. The van der Waals surface area contributed by atoms with Crippen molar-refractivity contribution in [3.8, 4) is 17.2 Å². The topological polar surface area (TPSA) is 64.6 Å². The van der Waals surface area contributed by atoms with E-state index in [1.807, 2.05) is 18.2 Å². The molecule has 0 saturated heterocycles. The number of hydrogen-bond acceptors (Lipinski definition) is 4. The zero-order valence-corrected chi connectivity index (χ0v) is 16.5. The minimum atomic E-state index is -4.01. The molecular formula is C19H15Cl2NO4S. The highest BCUT2D eigenvalue weighted by atomic mass is 35.5. The summed E-state index contributed by atoms with van der Waals surface area (Å²) in [6.07, 6.45) is 0. The van der Waals surface area contributed by atoms with Crippen LogP contribution in [0.3, 0.4) is 0 Å². The highest BCUT2D eigenvalue weighted by molar-refractivity contribution is 7.92. The second-order valence-electron chi connectivity index (χ2n) is 5.41. The zero-order valence-electron chi connectivity index (χ0n) is 14.1. The summed E-state index contributed by atoms with van der Waals surface area (Å²) < 4.78 is 39.0. The molecule has 0 aliphatic carbocycles. The maximum absolute atomic E-state index is 12.8. The Kier molecular flexibility index (Phi) is 5.79. The van der Waals surface area contributed by atoms with Crippen LogP contribution in [0, 0.1) is 0 Å². The number of nitrogens with one attached hydrogen (secondary N) is 1. The fourth-order valence-electron chi connectivity index (χ4n) is 2.33. The van der Waals surface area contributed by atoms with Crippen LogP contribution in [0.2, 0.25) is 10.0 Å². The summed E-state index contributed by atoms with van der Waals surface area (Å²) in [4.78, 5) is -0.163. The van der Waals surface area contributed by atoms with E-state index in [4.69, 9.17) is 32.7 Å². The number of ether oxygens (including phenoxy) is 2. The van der Waals surface area contributed by atoms with Gasteiger partial charge in [-0.15, -0.1) is 0 Å². The number of benzene rings is 3. The second-order valence-corrected chi connectivity index (χ2v) is 7.82. The molecule has 0 radical (unpaired) electrons. The third-order valence-electron chi connectivity index (χ3n) is 3.62. The van der Waals surface area contributed by atoms with Crippen molar-refractivity contribution in [2.24, 2.45) is 0 Å². The molecule has 0 aliphatic heterocycles. The van der Waals surface area contributed by atoms with Gasteiger partial charge in [-0.3, -0.25) is 4.72 Å². The lowest BCUT2D eigenvalue weighted by Gasteiger charge is -2.15. The quantitative estimate of drug-likeness (QED) is 0.560. The number of anilines is 1. The molecule has 0 saturated carbocycles. The molecule has 3 aromatic rings. The summed E-state index contributed by atoms with van der Waals surface area (Å²) in [5.74, 6) is 1.21. The van der Waals surface area contributed by atoms with Crippen LogP contribution < -0.4 is 14.2 Å². The number of para-hydroxylation sites is 3. The van der Waals surface area contributed by atoms with Gasteiger partial charge >= 0.3 is 0 Å². The Morgan fingerprint density at radius 2 is 1.48 bits per heavy atom. The highest BCUT2D eigenvalue weighted by Crippen LogP contribution is 2.38. The molecule has 3 aromatic carbocycles. The first-order valence-electron chi connectivity index (χ1n) is 7.79. The number of hydrogen-bond donors (Lipinski definition) is 1. The molecule has 0 unspecified atom stereocenters. The van der Waals surface area contributed by atoms with Crippen LogP contribution in [0.4, 0.5) is 5.69 Å². The molecule has 27 heavy (non-hydrogen) atoms. The summed E-state index contributed by atoms with van der Waals surface area (Å²) in [5.41, 5.74) is 0.268. The van der Waals surface area contributed by atoms with Crippen molar-refractivity contribution in [1.82, 2.24) is 0 Å². The first-order chi connectivity index (χ1) is 12.9. The maximum atomic E-state index is 12.8. The molecule has 0 heterocycles. The predicted molar refractivity (Wildman–Crippen MR) is 107 cm³/mol. The Bertz CT molecular complexity index is 1060. The molecule has 0 aromatic heterocycles. The standard InChI is InChI=1S/C19H15Cl2NO4S/c1-25-16-11-12-17(19(21)18(16)20)27(23,24)22-14-9-5-6-10-15(14)26-13-7-3-2-4-8-13/h2-12,22H,1H3. The molecule has 0 amide bonds. The molecule has 140 valence electrons. The van der Waals surface area contributed by atoms with Crippen LogP contribution in [-0.2, 0) is 10.0 Å². The van der Waals surface area contributed by atoms with Gasteiger partial charge in [-0.2, -0.15) is 0 Å². The van der Waals surface area contributed by atoms with Crippen LogP contribution in [-0.4, -0.2) is 15.5 Å². The average molecular weight is 424 g/mol. The van der Waals surface area contributed by atoms with E-state index in [0.29, 0.717) is 11.5 Å². The van der Waals surface area contributed by atoms with E-state index >= 15 is 0 Å². The minimum absolute atomic E-state index is 0.0239. The van der Waals surface area contributed by atoms with E-state index in [0.717, 1.165) is 0 Å². The highest BCUT2D eigenvalue weighted by Gasteiger charge is 2.23. The predicted octanol–water partition coefficient (Wildman–Crippen LogP) is 5.60. The molecule has 0 bridgehead atoms. The van der Waals surface area contributed by atoms with Gasteiger partial charge in [0.1, 0.15) is 21.4 Å². The van der Waals surface area contributed by atoms with E-state index in [-0.39, 0.29) is 26.4 Å². The summed E-state index contributed by atoms with van der Waals surface area (Å²) in [6, 6.07) is 18.5. The van der Waals surface area contributed by atoms with E-state index in [9.17, 15) is 8.42 Å². The van der Waals surface area contributed by atoms with Crippen molar-refractivity contribution in [2.45, 2.75) is 4.90 Å². The lowest BCUT2D eigenvalue weighted by atomic mass is 10.3. The van der Waals surface area contributed by atoms with Crippen molar-refractivity contribution < 1.29 is 17.9 Å². The number of rotatable bonds is 6. The van der Waals surface area contributed by atoms with E-state index in [1.165, 1.54) is 19.2 Å². The molecular weight excluding hydrogens is 409 g/mol. The van der Waals surface area contributed by atoms with E-state index in [1.54, 1.807) is 36.4 Å². The van der Waals surface area contributed by atoms with Gasteiger partial charge in [-0.05, 0) is 36.4 Å². The van der Waals surface area contributed by atoms with Gasteiger partial charge in [-0.25, -0.2) is 8.42 Å². The largest absolute Gasteiger partial charge is 0.495 e. The Labute approximate surface area is 167 Å². The number of halogens is 2. The summed E-state index contributed by atoms with van der Waals surface area (Å²) in [7, 11) is -2.59. The van der Waals surface area contributed by atoms with Crippen LogP contribution in [0.25, 0.3) is 0 Å². The van der Waals surface area contributed by atoms with Gasteiger partial charge in [0.15, 0.2) is 5.75 Å². The SMILES string of the molecule is COc1ccc(S(=O)(=O)Nc2ccccc2Oc2ccccc2)c(Cl)c1Cl. The minimum Gasteiger partial charge on any atom is -0.495 e. The first kappa shape index (κ1) is 19.4. The van der Waals surface area contributed by atoms with Crippen LogP contribution in [0.15, 0.2) is 71.6 Å². The zero-order chi connectivity index (χ0) is 19.4. The van der Waals surface area contributed by atoms with Gasteiger partial charge in [-0.1, -0.05) is 53.5 Å². The first-order valence-corrected chi connectivity index (χ1v) is 10.0. The van der Waals surface area contributed by atoms with E-state index < -0.39 is 10.0 Å². The molecule has 0 aliphatic rings. The molecule has 3 rings (SSSR count). The monoisotopic (exact) mass is 423 g/mol. The average Bonchev–Trinajstić information content (AvgIpc) is 2.66. The summed E-state index contributed by atoms with van der Waals surface area (Å²) >= 11 is 12.2. The maximum Gasteiger partial charge on any atom is 0.263 e. The molecule has 8 heteroatoms. The van der Waals surface area contributed by atoms with Gasteiger partial charge in [0, 0.05) is 0 Å². The normalized spacial score (nSPS) is 11.1. The molecule has 5 nitrogen and oxygen atoms in total. The van der Waals surface area contributed by atoms with Gasteiger partial charge in [0.05, 0.1) is 17.8 Å². The second kappa shape index (κ2) is 8.08. The van der Waals surface area contributed by atoms with Crippen molar-refractivity contribution in [2.75, 3.05) is 11.8 Å². The van der Waals surface area contributed by atoms with Gasteiger partial charge in [0.2, 0.25) is 0 Å². The van der Waals surface area contributed by atoms with Crippen LogP contribution in [0.1, 0.15) is 0 Å². The lowest BCUT2D eigenvalue weighted by molar-refractivity contribution is 0.414. The van der Waals surface area contributed by atoms with E-state index in [2.05, 4.69) is 4.72 Å². The van der Waals surface area contributed by atoms with Gasteiger partial charge < -0.3 is 9.47 Å². The lowest BCUT2D eigenvalue weighted by Crippen LogP contribution is -2.14. The van der Waals surface area contributed by atoms with Crippen molar-refractivity contribution in [3.63, 3.8) is 0 Å². The Balaban J connectivity index is 1.94. The molecule has 0 spiro atoms. The Hall–Kier alpha value is -2.41. The summed E-state index contributed by atoms with van der Waals surface area (Å²) in [5, 5.41) is -0.0964. The smallest absolute Gasteiger partial charge is 0.263 e. The number of methoxy groups -OCH3 is 1. The Morgan fingerprint density at radius 1 is 0.815 bits per heavy atom. The third kappa shape index (κ3) is 4.30. The third-order valence-corrected chi connectivity index (χ3v) is 6.01. The van der Waals surface area contributed by atoms with Crippen LogP contribution in [0.5, 0.6) is 17.2 Å². The molecule has 1 N–H and O–H groups in total. The van der Waals surface area contributed by atoms with Crippen molar-refractivity contribution >= 4 is 38.9 Å². The Morgan fingerprint density at radius 3 is 2.19 bits per heavy atom. The fraction of sp³-hybridized carbons (Fsp3) is 0.0526. The fourth-order valence-corrected chi connectivity index (χ4v) is 4.25. The molecule has 0 atom stereocenters. The summed E-state index contributed by atoms with van der Waals surface area (Å²) in [6.45, 7) is 0. The van der Waals surface area contributed by atoms with Crippen molar-refractivity contribution in [1.29, 1.82) is 0 Å². The molecule has 0 fully saturated rings.